The van der Waals surface area contributed by atoms with Crippen LogP contribution in [0.2, 0.25) is 0 Å². The summed E-state index contributed by atoms with van der Waals surface area (Å²) in [4.78, 5) is 12.3. The molecular weight excluding hydrogens is 298 g/mol. The summed E-state index contributed by atoms with van der Waals surface area (Å²) in [6.45, 7) is 0. The van der Waals surface area contributed by atoms with Gasteiger partial charge < -0.3 is 15.2 Å². The van der Waals surface area contributed by atoms with Crippen LogP contribution >= 0.6 is 0 Å². The molecule has 2 aliphatic carbocycles. The first-order valence-electron chi connectivity index (χ1n) is 9.34. The first-order chi connectivity index (χ1) is 11.7. The van der Waals surface area contributed by atoms with Crippen molar-refractivity contribution in [3.63, 3.8) is 0 Å². The number of carbonyl (C=O) groups excluding carboxylic acids is 1. The molecule has 4 rings (SSSR count). The molecule has 1 heterocycles. The maximum absolute atomic E-state index is 12.3. The number of amides is 2. The molecule has 2 aromatic rings. The van der Waals surface area contributed by atoms with E-state index in [4.69, 9.17) is 0 Å². The van der Waals surface area contributed by atoms with Crippen LogP contribution in [0.4, 0.5) is 4.79 Å². The summed E-state index contributed by atoms with van der Waals surface area (Å²) in [5, 5.41) is 7.74. The van der Waals surface area contributed by atoms with Crippen molar-refractivity contribution >= 4 is 16.9 Å². The van der Waals surface area contributed by atoms with Crippen molar-refractivity contribution in [3.05, 3.63) is 35.5 Å². The Labute approximate surface area is 143 Å². The minimum absolute atomic E-state index is 0.0237. The van der Waals surface area contributed by atoms with E-state index in [0.29, 0.717) is 6.04 Å². The van der Waals surface area contributed by atoms with E-state index in [9.17, 15) is 4.79 Å². The maximum atomic E-state index is 12.3. The first-order valence-corrected chi connectivity index (χ1v) is 9.34. The SMILES string of the molecule is Cn1c2c(c3ccccc31)CC(NC(=O)NC1CCCCC1)CC2. The van der Waals surface area contributed by atoms with E-state index < -0.39 is 0 Å². The molecule has 0 aliphatic heterocycles. The third-order valence-electron chi connectivity index (χ3n) is 5.80. The smallest absolute Gasteiger partial charge is 0.315 e. The lowest BCUT2D eigenvalue weighted by Gasteiger charge is -2.27. The van der Waals surface area contributed by atoms with Crippen LogP contribution in [-0.2, 0) is 19.9 Å². The molecule has 1 aromatic heterocycles. The molecule has 4 nitrogen and oxygen atoms in total. The largest absolute Gasteiger partial charge is 0.347 e. The molecule has 128 valence electrons. The Morgan fingerprint density at radius 2 is 1.79 bits per heavy atom. The highest BCUT2D eigenvalue weighted by Gasteiger charge is 2.26. The zero-order valence-electron chi connectivity index (χ0n) is 14.5. The molecule has 0 bridgehead atoms. The Hall–Kier alpha value is -1.97. The van der Waals surface area contributed by atoms with Gasteiger partial charge >= 0.3 is 6.03 Å². The third kappa shape index (κ3) is 2.90. The fourth-order valence-corrected chi connectivity index (χ4v) is 4.51. The van der Waals surface area contributed by atoms with Gasteiger partial charge in [0.1, 0.15) is 0 Å². The zero-order valence-corrected chi connectivity index (χ0v) is 14.5. The van der Waals surface area contributed by atoms with E-state index in [1.165, 1.54) is 41.4 Å². The van der Waals surface area contributed by atoms with E-state index in [2.05, 4.69) is 46.5 Å². The number of nitrogens with one attached hydrogen (secondary N) is 2. The molecular formula is C20H27N3O. The molecule has 1 aromatic carbocycles. The van der Waals surface area contributed by atoms with E-state index in [0.717, 1.165) is 32.1 Å². The minimum Gasteiger partial charge on any atom is -0.347 e. The number of fused-ring (bicyclic) bond motifs is 3. The molecule has 1 saturated carbocycles. The van der Waals surface area contributed by atoms with Gasteiger partial charge in [-0.25, -0.2) is 4.79 Å². The maximum Gasteiger partial charge on any atom is 0.315 e. The first kappa shape index (κ1) is 15.6. The van der Waals surface area contributed by atoms with Gasteiger partial charge in [0.25, 0.3) is 0 Å². The molecule has 0 spiro atoms. The number of aromatic nitrogens is 1. The average Bonchev–Trinajstić information content (AvgIpc) is 2.89. The van der Waals surface area contributed by atoms with Gasteiger partial charge in [0.05, 0.1) is 0 Å². The lowest BCUT2D eigenvalue weighted by Crippen LogP contribution is -2.48. The summed E-state index contributed by atoms with van der Waals surface area (Å²) < 4.78 is 2.32. The number of nitrogens with zero attached hydrogens (tertiary/aromatic N) is 1. The summed E-state index contributed by atoms with van der Waals surface area (Å²) >= 11 is 0. The topological polar surface area (TPSA) is 46.1 Å². The zero-order chi connectivity index (χ0) is 16.5. The van der Waals surface area contributed by atoms with E-state index in [-0.39, 0.29) is 12.1 Å². The second-order valence-corrected chi connectivity index (χ2v) is 7.39. The molecule has 2 N–H and O–H groups in total. The molecule has 2 aliphatic rings. The minimum atomic E-state index is 0.0237. The van der Waals surface area contributed by atoms with Gasteiger partial charge in [0.2, 0.25) is 0 Å². The molecule has 2 amide bonds. The fraction of sp³-hybridized carbons (Fsp3) is 0.550. The molecule has 24 heavy (non-hydrogen) atoms. The predicted molar refractivity (Wildman–Crippen MR) is 97.3 cm³/mol. The Morgan fingerprint density at radius 1 is 1.04 bits per heavy atom. The van der Waals surface area contributed by atoms with Crippen molar-refractivity contribution in [2.75, 3.05) is 0 Å². The van der Waals surface area contributed by atoms with Crippen LogP contribution in [0.25, 0.3) is 10.9 Å². The van der Waals surface area contributed by atoms with Gasteiger partial charge in [-0.15, -0.1) is 0 Å². The Kier molecular flexibility index (Phi) is 4.21. The number of hydrogen-bond acceptors (Lipinski definition) is 1. The predicted octanol–water partition coefficient (Wildman–Crippen LogP) is 3.67. The Bertz CT molecular complexity index is 743. The van der Waals surface area contributed by atoms with E-state index >= 15 is 0 Å². The number of hydrogen-bond donors (Lipinski definition) is 2. The molecule has 0 saturated heterocycles. The lowest BCUT2D eigenvalue weighted by molar-refractivity contribution is 0.227. The summed E-state index contributed by atoms with van der Waals surface area (Å²) in [7, 11) is 2.16. The number of para-hydroxylation sites is 1. The van der Waals surface area contributed by atoms with Crippen LogP contribution in [0.15, 0.2) is 24.3 Å². The number of carbonyl (C=O) groups is 1. The van der Waals surface area contributed by atoms with Crippen LogP contribution in [0.1, 0.15) is 49.8 Å². The van der Waals surface area contributed by atoms with Gasteiger partial charge in [-0.2, -0.15) is 0 Å². The Balaban J connectivity index is 1.44. The monoisotopic (exact) mass is 325 g/mol. The highest BCUT2D eigenvalue weighted by Crippen LogP contribution is 2.31. The molecule has 0 radical (unpaired) electrons. The molecule has 1 unspecified atom stereocenters. The molecule has 1 atom stereocenters. The van der Waals surface area contributed by atoms with Crippen LogP contribution in [0.5, 0.6) is 0 Å². The van der Waals surface area contributed by atoms with Crippen molar-refractivity contribution in [1.82, 2.24) is 15.2 Å². The van der Waals surface area contributed by atoms with Crippen molar-refractivity contribution in [3.8, 4) is 0 Å². The van der Waals surface area contributed by atoms with Crippen LogP contribution in [-0.4, -0.2) is 22.7 Å². The van der Waals surface area contributed by atoms with E-state index in [1.807, 2.05) is 0 Å². The van der Waals surface area contributed by atoms with Gasteiger partial charge in [-0.1, -0.05) is 37.5 Å². The quantitative estimate of drug-likeness (QED) is 0.869. The van der Waals surface area contributed by atoms with Gasteiger partial charge in [-0.05, 0) is 43.7 Å². The highest BCUT2D eigenvalue weighted by molar-refractivity contribution is 5.86. The van der Waals surface area contributed by atoms with Gasteiger partial charge in [0, 0.05) is 35.7 Å². The lowest BCUT2D eigenvalue weighted by atomic mass is 9.91. The second kappa shape index (κ2) is 6.50. The van der Waals surface area contributed by atoms with Crippen molar-refractivity contribution in [1.29, 1.82) is 0 Å². The summed E-state index contributed by atoms with van der Waals surface area (Å²) in [6, 6.07) is 9.24. The third-order valence-corrected chi connectivity index (χ3v) is 5.80. The molecule has 4 heteroatoms. The number of urea groups is 1. The normalized spacial score (nSPS) is 21.5. The summed E-state index contributed by atoms with van der Waals surface area (Å²) in [6.07, 6.45) is 9.06. The number of rotatable bonds is 2. The van der Waals surface area contributed by atoms with Crippen molar-refractivity contribution in [2.24, 2.45) is 7.05 Å². The summed E-state index contributed by atoms with van der Waals surface area (Å²) in [5.74, 6) is 0. The van der Waals surface area contributed by atoms with Gasteiger partial charge in [-0.3, -0.25) is 0 Å². The van der Waals surface area contributed by atoms with Crippen LogP contribution < -0.4 is 10.6 Å². The Morgan fingerprint density at radius 3 is 2.62 bits per heavy atom. The molecule has 1 fully saturated rings. The number of benzene rings is 1. The number of aryl methyl sites for hydroxylation is 1. The van der Waals surface area contributed by atoms with Crippen molar-refractivity contribution in [2.45, 2.75) is 63.5 Å². The van der Waals surface area contributed by atoms with E-state index in [1.54, 1.807) is 0 Å². The highest BCUT2D eigenvalue weighted by atomic mass is 16.2. The fourth-order valence-electron chi connectivity index (χ4n) is 4.51. The van der Waals surface area contributed by atoms with Gasteiger partial charge in [0.15, 0.2) is 0 Å². The van der Waals surface area contributed by atoms with Crippen LogP contribution in [0.3, 0.4) is 0 Å². The summed E-state index contributed by atoms with van der Waals surface area (Å²) in [5.41, 5.74) is 4.15. The second-order valence-electron chi connectivity index (χ2n) is 7.39. The average molecular weight is 325 g/mol. The van der Waals surface area contributed by atoms with Crippen molar-refractivity contribution < 1.29 is 4.79 Å². The van der Waals surface area contributed by atoms with Crippen LogP contribution in [0, 0.1) is 0 Å². The standard InChI is InChI=1S/C20H27N3O/c1-23-18-10-6-5-9-16(18)17-13-15(11-12-19(17)23)22-20(24)21-14-7-3-2-4-8-14/h5-6,9-10,14-15H,2-4,7-8,11-13H2,1H3,(H2,21,22,24).